The molecule has 0 aromatic heterocycles. The molecule has 2 rings (SSSR count). The normalized spacial score (nSPS) is 15.1. The third-order valence-corrected chi connectivity index (χ3v) is 3.76. The van der Waals surface area contributed by atoms with E-state index in [9.17, 15) is 9.90 Å². The van der Waals surface area contributed by atoms with Gasteiger partial charge in [0, 0.05) is 25.2 Å². The van der Waals surface area contributed by atoms with E-state index in [1.807, 2.05) is 17.0 Å². The molecule has 1 heterocycles. The van der Waals surface area contributed by atoms with Crippen LogP contribution in [0, 0.1) is 0 Å². The van der Waals surface area contributed by atoms with Crippen molar-refractivity contribution in [1.82, 2.24) is 10.2 Å². The first-order valence-electron chi connectivity index (χ1n) is 6.13. The lowest BCUT2D eigenvalue weighted by atomic mass is 10.2. The highest BCUT2D eigenvalue weighted by molar-refractivity contribution is 9.10. The van der Waals surface area contributed by atoms with Crippen LogP contribution in [0.1, 0.15) is 18.4 Å². The standard InChI is InChI=1S/C13H17BrN2O2/c14-11-5-3-4-10(13(11)18)8-15-9-12(17)16-6-1-2-7-16/h3-5,15,18H,1-2,6-9H2. The zero-order valence-corrected chi connectivity index (χ0v) is 11.7. The molecule has 0 unspecified atom stereocenters. The second-order valence-corrected chi connectivity index (χ2v) is 5.29. The van der Waals surface area contributed by atoms with Crippen LogP contribution in [0.2, 0.25) is 0 Å². The Bertz CT molecular complexity index is 431. The van der Waals surface area contributed by atoms with Crippen molar-refractivity contribution in [3.8, 4) is 5.75 Å². The van der Waals surface area contributed by atoms with Gasteiger partial charge in [-0.3, -0.25) is 4.79 Å². The van der Waals surface area contributed by atoms with Crippen LogP contribution >= 0.6 is 15.9 Å². The van der Waals surface area contributed by atoms with E-state index in [0.717, 1.165) is 31.5 Å². The maximum atomic E-state index is 11.8. The maximum Gasteiger partial charge on any atom is 0.236 e. The third kappa shape index (κ3) is 3.23. The van der Waals surface area contributed by atoms with E-state index in [-0.39, 0.29) is 11.7 Å². The Hall–Kier alpha value is -1.07. The number of likely N-dealkylation sites (tertiary alicyclic amines) is 1. The summed E-state index contributed by atoms with van der Waals surface area (Å²) in [6, 6.07) is 5.49. The Morgan fingerprint density at radius 1 is 1.39 bits per heavy atom. The van der Waals surface area contributed by atoms with Crippen molar-refractivity contribution in [2.75, 3.05) is 19.6 Å². The fourth-order valence-corrected chi connectivity index (χ4v) is 2.49. The zero-order chi connectivity index (χ0) is 13.0. The number of para-hydroxylation sites is 1. The Morgan fingerprint density at radius 3 is 2.83 bits per heavy atom. The summed E-state index contributed by atoms with van der Waals surface area (Å²) in [6.07, 6.45) is 2.22. The first kappa shape index (κ1) is 13.4. The smallest absolute Gasteiger partial charge is 0.236 e. The van der Waals surface area contributed by atoms with E-state index in [1.54, 1.807) is 6.07 Å². The van der Waals surface area contributed by atoms with Crippen molar-refractivity contribution in [2.24, 2.45) is 0 Å². The molecule has 0 saturated carbocycles. The second-order valence-electron chi connectivity index (χ2n) is 4.44. The number of nitrogens with zero attached hydrogens (tertiary/aromatic N) is 1. The zero-order valence-electron chi connectivity index (χ0n) is 10.2. The molecule has 0 radical (unpaired) electrons. The summed E-state index contributed by atoms with van der Waals surface area (Å²) in [5.41, 5.74) is 0.790. The highest BCUT2D eigenvalue weighted by atomic mass is 79.9. The monoisotopic (exact) mass is 312 g/mol. The number of benzene rings is 1. The number of carbonyl (C=O) groups excluding carboxylic acids is 1. The first-order valence-corrected chi connectivity index (χ1v) is 6.92. The molecule has 0 bridgehead atoms. The van der Waals surface area contributed by atoms with E-state index in [2.05, 4.69) is 21.2 Å². The van der Waals surface area contributed by atoms with Crippen LogP contribution in [0.4, 0.5) is 0 Å². The van der Waals surface area contributed by atoms with Crippen molar-refractivity contribution in [3.05, 3.63) is 28.2 Å². The summed E-state index contributed by atoms with van der Waals surface area (Å²) in [6.45, 7) is 2.57. The largest absolute Gasteiger partial charge is 0.506 e. The number of aromatic hydroxyl groups is 1. The maximum absolute atomic E-state index is 11.8. The van der Waals surface area contributed by atoms with Gasteiger partial charge < -0.3 is 15.3 Å². The van der Waals surface area contributed by atoms with Gasteiger partial charge in [-0.2, -0.15) is 0 Å². The molecule has 1 fully saturated rings. The molecule has 1 aliphatic heterocycles. The van der Waals surface area contributed by atoms with E-state index in [4.69, 9.17) is 0 Å². The van der Waals surface area contributed by atoms with Crippen LogP contribution in [-0.2, 0) is 11.3 Å². The molecule has 0 atom stereocenters. The lowest BCUT2D eigenvalue weighted by Gasteiger charge is -2.15. The fourth-order valence-electron chi connectivity index (χ4n) is 2.09. The van der Waals surface area contributed by atoms with Gasteiger partial charge in [0.25, 0.3) is 0 Å². The number of phenolic OH excluding ortho intramolecular Hbond substituents is 1. The molecule has 18 heavy (non-hydrogen) atoms. The summed E-state index contributed by atoms with van der Waals surface area (Å²) < 4.78 is 0.674. The molecule has 2 N–H and O–H groups in total. The number of nitrogens with one attached hydrogen (secondary N) is 1. The van der Waals surface area contributed by atoms with E-state index in [0.29, 0.717) is 17.6 Å². The molecular weight excluding hydrogens is 296 g/mol. The van der Waals surface area contributed by atoms with Crippen molar-refractivity contribution < 1.29 is 9.90 Å². The van der Waals surface area contributed by atoms with Crippen LogP contribution < -0.4 is 5.32 Å². The summed E-state index contributed by atoms with van der Waals surface area (Å²) in [4.78, 5) is 13.7. The van der Waals surface area contributed by atoms with Crippen LogP contribution in [0.5, 0.6) is 5.75 Å². The SMILES string of the molecule is O=C(CNCc1cccc(Br)c1O)N1CCCC1. The van der Waals surface area contributed by atoms with Gasteiger partial charge in [0.05, 0.1) is 11.0 Å². The molecule has 98 valence electrons. The average molecular weight is 313 g/mol. The van der Waals surface area contributed by atoms with Crippen LogP contribution in [0.3, 0.4) is 0 Å². The number of hydrogen-bond donors (Lipinski definition) is 2. The second kappa shape index (κ2) is 6.20. The van der Waals surface area contributed by atoms with Gasteiger partial charge in [0.15, 0.2) is 0 Å². The molecule has 1 aromatic rings. The minimum Gasteiger partial charge on any atom is -0.506 e. The summed E-state index contributed by atoms with van der Waals surface area (Å²) in [5.74, 6) is 0.376. The van der Waals surface area contributed by atoms with Crippen LogP contribution in [0.15, 0.2) is 22.7 Å². The molecule has 1 saturated heterocycles. The van der Waals surface area contributed by atoms with Gasteiger partial charge in [-0.25, -0.2) is 0 Å². The number of phenols is 1. The van der Waals surface area contributed by atoms with Crippen molar-refractivity contribution in [3.63, 3.8) is 0 Å². The molecule has 1 aromatic carbocycles. The predicted molar refractivity (Wildman–Crippen MR) is 73.3 cm³/mol. The number of halogens is 1. The average Bonchev–Trinajstić information content (AvgIpc) is 2.88. The topological polar surface area (TPSA) is 52.6 Å². The lowest BCUT2D eigenvalue weighted by molar-refractivity contribution is -0.129. The number of rotatable bonds is 4. The van der Waals surface area contributed by atoms with Crippen molar-refractivity contribution in [2.45, 2.75) is 19.4 Å². The highest BCUT2D eigenvalue weighted by Crippen LogP contribution is 2.27. The molecule has 4 nitrogen and oxygen atoms in total. The Morgan fingerprint density at radius 2 is 2.11 bits per heavy atom. The first-order chi connectivity index (χ1) is 8.68. The van der Waals surface area contributed by atoms with E-state index < -0.39 is 0 Å². The van der Waals surface area contributed by atoms with Crippen molar-refractivity contribution in [1.29, 1.82) is 0 Å². The molecule has 0 aliphatic carbocycles. The van der Waals surface area contributed by atoms with Crippen LogP contribution in [0.25, 0.3) is 0 Å². The Labute approximate surface area is 115 Å². The van der Waals surface area contributed by atoms with Gasteiger partial charge in [-0.15, -0.1) is 0 Å². The van der Waals surface area contributed by atoms with Crippen LogP contribution in [-0.4, -0.2) is 35.5 Å². The molecule has 5 heteroatoms. The van der Waals surface area contributed by atoms with E-state index in [1.165, 1.54) is 0 Å². The molecule has 1 amide bonds. The van der Waals surface area contributed by atoms with Gasteiger partial charge in [-0.1, -0.05) is 12.1 Å². The Balaban J connectivity index is 1.81. The summed E-state index contributed by atoms with van der Waals surface area (Å²) in [5, 5.41) is 12.9. The number of hydrogen-bond acceptors (Lipinski definition) is 3. The van der Waals surface area contributed by atoms with E-state index >= 15 is 0 Å². The molecule has 0 spiro atoms. The number of amides is 1. The highest BCUT2D eigenvalue weighted by Gasteiger charge is 2.17. The van der Waals surface area contributed by atoms with Crippen molar-refractivity contribution >= 4 is 21.8 Å². The number of carbonyl (C=O) groups is 1. The summed E-state index contributed by atoms with van der Waals surface area (Å²) >= 11 is 3.27. The van der Waals surface area contributed by atoms with Gasteiger partial charge in [-0.05, 0) is 34.8 Å². The quantitative estimate of drug-likeness (QED) is 0.892. The van der Waals surface area contributed by atoms with Gasteiger partial charge in [0.2, 0.25) is 5.91 Å². The molecular formula is C13H17BrN2O2. The van der Waals surface area contributed by atoms with Gasteiger partial charge >= 0.3 is 0 Å². The fraction of sp³-hybridized carbons (Fsp3) is 0.462. The lowest BCUT2D eigenvalue weighted by Crippen LogP contribution is -2.35. The summed E-state index contributed by atoms with van der Waals surface area (Å²) in [7, 11) is 0. The minimum absolute atomic E-state index is 0.141. The molecule has 1 aliphatic rings. The third-order valence-electron chi connectivity index (χ3n) is 3.12. The minimum atomic E-state index is 0.141. The predicted octanol–water partition coefficient (Wildman–Crippen LogP) is 1.87. The van der Waals surface area contributed by atoms with Gasteiger partial charge in [0.1, 0.15) is 5.75 Å². The Kier molecular flexibility index (Phi) is 4.60.